The van der Waals surface area contributed by atoms with Gasteiger partial charge in [0, 0.05) is 49.4 Å². The first-order valence-electron chi connectivity index (χ1n) is 0. The van der Waals surface area contributed by atoms with Crippen LogP contribution in [0.15, 0.2) is 0 Å². The molecule has 0 aliphatic heterocycles. The molecule has 3 nitrogen and oxygen atoms in total. The first kappa shape index (κ1) is 50.8. The topological polar surface area (TPSA) is 94.5 Å². The standard InChI is InChI=1S/Eu.3H2O/h;3*1H2. The predicted molar refractivity (Wildman–Crippen MR) is 10.8 cm³/mol. The molecule has 0 amide bonds. The fraction of sp³-hybridized carbons (Fsp3) is 0. The molecule has 0 aliphatic rings. The summed E-state index contributed by atoms with van der Waals surface area (Å²) in [5.74, 6) is 0. The maximum Gasteiger partial charge on any atom is 0 e. The molecule has 0 fully saturated rings. The van der Waals surface area contributed by atoms with Crippen LogP contribution in [0.1, 0.15) is 0 Å². The van der Waals surface area contributed by atoms with Crippen molar-refractivity contribution in [3.05, 3.63) is 0 Å². The molecule has 4 heteroatoms. The van der Waals surface area contributed by atoms with Gasteiger partial charge >= 0.3 is 0 Å². The Morgan fingerprint density at radius 3 is 0.500 bits per heavy atom. The van der Waals surface area contributed by atoms with E-state index in [0.29, 0.717) is 0 Å². The summed E-state index contributed by atoms with van der Waals surface area (Å²) in [6.07, 6.45) is 0. The SMILES string of the molecule is O.O.O.[Eu]. The Labute approximate surface area is 64.9 Å². The van der Waals surface area contributed by atoms with Crippen molar-refractivity contribution in [2.45, 2.75) is 0 Å². The van der Waals surface area contributed by atoms with Crippen molar-refractivity contribution in [2.24, 2.45) is 0 Å². The molecule has 0 atom stereocenters. The van der Waals surface area contributed by atoms with Gasteiger partial charge in [0.15, 0.2) is 0 Å². The van der Waals surface area contributed by atoms with Gasteiger partial charge in [-0.2, -0.15) is 0 Å². The Balaban J connectivity index is 0. The van der Waals surface area contributed by atoms with Crippen molar-refractivity contribution >= 4 is 0 Å². The Hall–Kier alpha value is 1.46. The molecule has 0 saturated carbocycles. The van der Waals surface area contributed by atoms with Crippen LogP contribution in [0.2, 0.25) is 0 Å². The molecule has 0 heterocycles. The summed E-state index contributed by atoms with van der Waals surface area (Å²) in [6, 6.07) is 0. The van der Waals surface area contributed by atoms with Crippen LogP contribution >= 0.6 is 0 Å². The van der Waals surface area contributed by atoms with Crippen molar-refractivity contribution in [1.82, 2.24) is 0 Å². The van der Waals surface area contributed by atoms with E-state index in [1.807, 2.05) is 0 Å². The van der Waals surface area contributed by atoms with Crippen LogP contribution in [0, 0.1) is 49.4 Å². The summed E-state index contributed by atoms with van der Waals surface area (Å²) in [7, 11) is 0. The van der Waals surface area contributed by atoms with Gasteiger partial charge in [0.25, 0.3) is 0 Å². The summed E-state index contributed by atoms with van der Waals surface area (Å²) < 4.78 is 0. The van der Waals surface area contributed by atoms with E-state index in [2.05, 4.69) is 0 Å². The first-order chi connectivity index (χ1) is 0. The largest absolute Gasteiger partial charge is 0.412 e. The zero-order valence-electron chi connectivity index (χ0n) is 1.88. The van der Waals surface area contributed by atoms with Crippen LogP contribution in [0.4, 0.5) is 0 Å². The molecule has 0 aliphatic carbocycles. The fourth-order valence-electron chi connectivity index (χ4n) is 0. The number of rotatable bonds is 0. The average molecular weight is 206 g/mol. The van der Waals surface area contributed by atoms with E-state index >= 15 is 0 Å². The molecular weight excluding hydrogens is 200 g/mol. The molecular formula is H6EuO3. The predicted octanol–water partition coefficient (Wildman–Crippen LogP) is -2.47. The molecule has 6 N–H and O–H groups in total. The summed E-state index contributed by atoms with van der Waals surface area (Å²) in [6.45, 7) is 0. The van der Waals surface area contributed by atoms with Crippen LogP contribution in [-0.4, -0.2) is 16.4 Å². The third-order valence-corrected chi connectivity index (χ3v) is 0. The van der Waals surface area contributed by atoms with Crippen LogP contribution in [-0.2, 0) is 0 Å². The average Bonchev–Trinajstić information content (AvgIpc) is 0. The van der Waals surface area contributed by atoms with E-state index in [4.69, 9.17) is 0 Å². The van der Waals surface area contributed by atoms with Gasteiger partial charge in [-0.15, -0.1) is 0 Å². The van der Waals surface area contributed by atoms with Crippen LogP contribution < -0.4 is 0 Å². The Kier molecular flexibility index (Phi) is 317. The molecule has 0 aromatic rings. The smallest absolute Gasteiger partial charge is 0 e. The van der Waals surface area contributed by atoms with Gasteiger partial charge in [-0.3, -0.25) is 0 Å². The van der Waals surface area contributed by atoms with E-state index in [1.165, 1.54) is 0 Å². The first-order valence-corrected chi connectivity index (χ1v) is 0. The summed E-state index contributed by atoms with van der Waals surface area (Å²) in [4.78, 5) is 0. The van der Waals surface area contributed by atoms with E-state index in [0.717, 1.165) is 0 Å². The van der Waals surface area contributed by atoms with Gasteiger partial charge in [0.2, 0.25) is 0 Å². The van der Waals surface area contributed by atoms with Gasteiger partial charge in [-0.05, 0) is 0 Å². The zero-order chi connectivity index (χ0) is 0. The second-order valence-corrected chi connectivity index (χ2v) is 0. The van der Waals surface area contributed by atoms with Crippen LogP contribution in [0.25, 0.3) is 0 Å². The number of hydrogen-bond acceptors (Lipinski definition) is 0. The van der Waals surface area contributed by atoms with Gasteiger partial charge in [-0.1, -0.05) is 0 Å². The van der Waals surface area contributed by atoms with Gasteiger partial charge in [0.05, 0.1) is 0 Å². The quantitative estimate of drug-likeness (QED) is 0.419. The van der Waals surface area contributed by atoms with E-state index in [1.54, 1.807) is 0 Å². The van der Waals surface area contributed by atoms with Crippen molar-refractivity contribution in [3.63, 3.8) is 0 Å². The molecule has 0 rings (SSSR count). The third kappa shape index (κ3) is 9.81. The molecule has 0 saturated heterocycles. The zero-order valence-corrected chi connectivity index (χ0v) is 4.30. The summed E-state index contributed by atoms with van der Waals surface area (Å²) in [5.41, 5.74) is 0. The normalized spacial score (nSPS) is 0. The Morgan fingerprint density at radius 1 is 0.500 bits per heavy atom. The van der Waals surface area contributed by atoms with Crippen LogP contribution in [0.5, 0.6) is 0 Å². The molecule has 0 unspecified atom stereocenters. The molecule has 1 radical (unpaired) electrons. The summed E-state index contributed by atoms with van der Waals surface area (Å²) in [5, 5.41) is 0. The number of hydrogen-bond donors (Lipinski definition) is 0. The van der Waals surface area contributed by atoms with Crippen LogP contribution in [0.3, 0.4) is 0 Å². The summed E-state index contributed by atoms with van der Waals surface area (Å²) >= 11 is 0. The van der Waals surface area contributed by atoms with Crippen molar-refractivity contribution in [3.8, 4) is 0 Å². The van der Waals surface area contributed by atoms with E-state index < -0.39 is 0 Å². The molecule has 31 valence electrons. The minimum Gasteiger partial charge on any atom is -0.412 e. The Bertz CT molecular complexity index is 3.25. The van der Waals surface area contributed by atoms with E-state index in [-0.39, 0.29) is 65.8 Å². The maximum atomic E-state index is 0. The molecule has 0 aromatic carbocycles. The third-order valence-electron chi connectivity index (χ3n) is 0. The van der Waals surface area contributed by atoms with Gasteiger partial charge in [0.1, 0.15) is 0 Å². The van der Waals surface area contributed by atoms with Crippen molar-refractivity contribution in [2.75, 3.05) is 0 Å². The molecule has 0 bridgehead atoms. The molecule has 0 spiro atoms. The molecule has 0 aromatic heterocycles. The minimum atomic E-state index is 0. The second kappa shape index (κ2) is 25.0. The minimum absolute atomic E-state index is 0. The Morgan fingerprint density at radius 2 is 0.500 bits per heavy atom. The van der Waals surface area contributed by atoms with Crippen molar-refractivity contribution < 1.29 is 65.8 Å². The fourth-order valence-corrected chi connectivity index (χ4v) is 0. The monoisotopic (exact) mass is 207 g/mol. The van der Waals surface area contributed by atoms with Gasteiger partial charge < -0.3 is 16.4 Å². The van der Waals surface area contributed by atoms with E-state index in [9.17, 15) is 0 Å². The van der Waals surface area contributed by atoms with Crippen molar-refractivity contribution in [1.29, 1.82) is 0 Å². The second-order valence-electron chi connectivity index (χ2n) is 0. The molecule has 4 heavy (non-hydrogen) atoms. The maximum absolute atomic E-state index is 0. The van der Waals surface area contributed by atoms with Gasteiger partial charge in [-0.25, -0.2) is 0 Å².